The minimum atomic E-state index is -1.67. The van der Waals surface area contributed by atoms with Crippen molar-refractivity contribution in [1.82, 2.24) is 0 Å². The van der Waals surface area contributed by atoms with Crippen LogP contribution in [0.25, 0.3) is 21.5 Å². The van der Waals surface area contributed by atoms with Crippen LogP contribution in [0.5, 0.6) is 5.75 Å². The predicted octanol–water partition coefficient (Wildman–Crippen LogP) is 17.5. The highest BCUT2D eigenvalue weighted by molar-refractivity contribution is 7.99. The summed E-state index contributed by atoms with van der Waals surface area (Å²) in [6.07, 6.45) is 25.4. The molecule has 4 aliphatic rings. The lowest BCUT2D eigenvalue weighted by molar-refractivity contribution is 0.244. The van der Waals surface area contributed by atoms with E-state index in [9.17, 15) is 4.21 Å². The van der Waals surface area contributed by atoms with Crippen molar-refractivity contribution in [3.05, 3.63) is 90.5 Å². The first-order valence-corrected chi connectivity index (χ1v) is 27.9. The largest absolute Gasteiger partial charge is 0.496 e. The molecule has 356 valence electrons. The Morgan fingerprint density at radius 3 is 1.40 bits per heavy atom. The molecule has 0 heterocycles. The number of benzene rings is 4. The van der Waals surface area contributed by atoms with Gasteiger partial charge in [-0.15, -0.1) is 0 Å². The molecule has 4 aromatic rings. The number of fused-ring (bicyclic) bond motifs is 7. The molecule has 5 heteroatoms. The van der Waals surface area contributed by atoms with Gasteiger partial charge in [0.15, 0.2) is 0 Å². The minimum absolute atomic E-state index is 0.500. The number of methoxy groups -OCH3 is 2. The van der Waals surface area contributed by atoms with Gasteiger partial charge in [0.2, 0.25) is 0 Å². The van der Waals surface area contributed by atoms with Crippen LogP contribution >= 0.6 is 11.8 Å². The fourth-order valence-corrected chi connectivity index (χ4v) is 8.29. The van der Waals surface area contributed by atoms with E-state index in [1.54, 1.807) is 84.1 Å². The third kappa shape index (κ3) is 29.8. The molecular weight excluding hydrogens is 797 g/mol. The molecule has 4 atom stereocenters. The van der Waals surface area contributed by atoms with Crippen molar-refractivity contribution in [3.63, 3.8) is 0 Å². The van der Waals surface area contributed by atoms with E-state index in [0.29, 0.717) is 10.8 Å². The first-order valence-electron chi connectivity index (χ1n) is 23.7. The lowest BCUT2D eigenvalue weighted by Crippen LogP contribution is -2.15. The van der Waals surface area contributed by atoms with Crippen LogP contribution in [0.1, 0.15) is 152 Å². The van der Waals surface area contributed by atoms with Gasteiger partial charge in [-0.2, -0.15) is 11.8 Å². The Hall–Kier alpha value is -2.47. The summed E-state index contributed by atoms with van der Waals surface area (Å²) in [7, 11) is 3.28. The molecule has 0 aliphatic heterocycles. The zero-order chi connectivity index (χ0) is 47.8. The first kappa shape index (κ1) is 61.6. The summed E-state index contributed by atoms with van der Waals surface area (Å²) in [5, 5.41) is 5.07. The fraction of sp³-hybridized carbons (Fsp3) is 0.632. The van der Waals surface area contributed by atoms with Crippen LogP contribution < -0.4 is 4.74 Å². The van der Waals surface area contributed by atoms with Gasteiger partial charge in [0.1, 0.15) is 5.75 Å². The Balaban J connectivity index is 0. The molecule has 62 heavy (non-hydrogen) atoms. The van der Waals surface area contributed by atoms with E-state index in [1.165, 1.54) is 89.3 Å². The van der Waals surface area contributed by atoms with Gasteiger partial charge in [0, 0.05) is 32.1 Å². The van der Waals surface area contributed by atoms with Crippen LogP contribution in [0.15, 0.2) is 84.9 Å². The predicted molar refractivity (Wildman–Crippen MR) is 290 cm³/mol. The summed E-state index contributed by atoms with van der Waals surface area (Å²) in [4.78, 5) is 0. The maximum atomic E-state index is 10.1. The van der Waals surface area contributed by atoms with Gasteiger partial charge in [-0.3, -0.25) is 4.21 Å². The van der Waals surface area contributed by atoms with Crippen LogP contribution in [0.3, 0.4) is 0 Å². The topological polar surface area (TPSA) is 35.5 Å². The maximum absolute atomic E-state index is 10.1. The fourth-order valence-electron chi connectivity index (χ4n) is 8.29. The molecule has 4 aliphatic carbocycles. The monoisotopic (exact) mass is 895 g/mol. The van der Waals surface area contributed by atoms with Crippen molar-refractivity contribution in [2.75, 3.05) is 46.4 Å². The van der Waals surface area contributed by atoms with Gasteiger partial charge in [-0.05, 0) is 142 Å². The van der Waals surface area contributed by atoms with Crippen LogP contribution in [0, 0.1) is 41.4 Å². The van der Waals surface area contributed by atoms with Gasteiger partial charge in [0.25, 0.3) is 0 Å². The first-order chi connectivity index (χ1) is 29.2. The molecule has 4 fully saturated rings. The highest BCUT2D eigenvalue weighted by Gasteiger charge is 2.48. The number of rotatable bonds is 1. The maximum Gasteiger partial charge on any atom is 0.126 e. The third-order valence-electron chi connectivity index (χ3n) is 10.5. The Morgan fingerprint density at radius 1 is 0.677 bits per heavy atom. The van der Waals surface area contributed by atoms with Crippen molar-refractivity contribution >= 4 is 48.7 Å². The molecule has 8 rings (SSSR count). The molecule has 4 aromatic carbocycles. The number of hydrogen-bond donors (Lipinski definition) is 0. The molecule has 0 saturated heterocycles. The second kappa shape index (κ2) is 34.9. The van der Waals surface area contributed by atoms with Gasteiger partial charge in [-0.1, -0.05) is 180 Å². The Bertz CT molecular complexity index is 1720. The molecule has 0 amide bonds. The van der Waals surface area contributed by atoms with Gasteiger partial charge < -0.3 is 9.47 Å². The summed E-state index contributed by atoms with van der Waals surface area (Å²) in [5.41, 5.74) is 2.53. The molecule has 0 radical (unpaired) electrons. The quantitative estimate of drug-likeness (QED) is 0.178. The number of hydrogen-bond acceptors (Lipinski definition) is 4. The van der Waals surface area contributed by atoms with Crippen molar-refractivity contribution in [3.8, 4) is 5.75 Å². The van der Waals surface area contributed by atoms with E-state index in [0.717, 1.165) is 5.75 Å². The van der Waals surface area contributed by atoms with Gasteiger partial charge >= 0.3 is 0 Å². The smallest absolute Gasteiger partial charge is 0.126 e. The molecular formula is C57H98O3S2. The van der Waals surface area contributed by atoms with Crippen LogP contribution in [-0.2, 0) is 14.3 Å². The van der Waals surface area contributed by atoms with E-state index >= 15 is 0 Å². The lowest BCUT2D eigenvalue weighted by atomic mass is 9.78. The number of thioether (sulfide) groups is 1. The SMILES string of the molecule is C1CC2C3CCC(C3)C2C1.C=S(C)(C)=O.CC.CC(C)(C)C.CC1(C)CCCCC1.CCC.COC.COc1cccc2ccccc12.CSC.Cc1cccc2ccccc12. The molecule has 0 N–H and O–H groups in total. The van der Waals surface area contributed by atoms with Crippen molar-refractivity contribution in [2.45, 2.75) is 153 Å². The molecule has 3 nitrogen and oxygen atoms in total. The Morgan fingerprint density at radius 2 is 1.03 bits per heavy atom. The molecule has 4 saturated carbocycles. The summed E-state index contributed by atoms with van der Waals surface area (Å²) in [6, 6.07) is 29.1. The van der Waals surface area contributed by atoms with Crippen LogP contribution in [0.4, 0.5) is 0 Å². The summed E-state index contributed by atoms with van der Waals surface area (Å²) < 4.78 is 19.6. The molecule has 2 bridgehead atoms. The molecule has 4 unspecified atom stereocenters. The van der Waals surface area contributed by atoms with Crippen LogP contribution in [-0.4, -0.2) is 56.4 Å². The normalized spacial score (nSPS) is 19.5. The zero-order valence-corrected chi connectivity index (χ0v) is 45.3. The van der Waals surface area contributed by atoms with Gasteiger partial charge in [0.05, 0.1) is 7.11 Å². The summed E-state index contributed by atoms with van der Waals surface area (Å²) in [6.45, 7) is 23.9. The summed E-state index contributed by atoms with van der Waals surface area (Å²) >= 11 is 1.75. The number of ether oxygens (including phenoxy) is 2. The van der Waals surface area contributed by atoms with Crippen molar-refractivity contribution in [1.29, 1.82) is 0 Å². The van der Waals surface area contributed by atoms with E-state index in [1.807, 2.05) is 50.6 Å². The average Bonchev–Trinajstić information content (AvgIpc) is 3.97. The van der Waals surface area contributed by atoms with E-state index < -0.39 is 9.52 Å². The Labute approximate surface area is 390 Å². The standard InChI is InChI=1S/C11H10O.C11H10.C10H16.C8H16.C5H12.C3H8OS.C3H8.C2H6O.C2H6S.C2H6/c1-12-11-8-4-6-9-5-2-3-7-10(9)11;1-9-5-4-7-10-6-2-3-8-11(9)10;1-2-9-7-4-5-8(6-7)10(9)3-1;1-8(2)6-4-3-5-7-8;2*1-5(2,3)4;3*1-3-2;1-2/h2-8H,1H3;2-8H,1H3;7-10H,1-6H2;3-7H2,1-2H3;1-4H3;1H2,2-3H3;3H2,1-2H3;2*1-2H3;1-2H3. The Kier molecular flexibility index (Phi) is 34.7. The molecule has 0 spiro atoms. The van der Waals surface area contributed by atoms with Crippen molar-refractivity contribution in [2.24, 2.45) is 34.5 Å². The zero-order valence-electron chi connectivity index (χ0n) is 43.6. The van der Waals surface area contributed by atoms with E-state index in [-0.39, 0.29) is 0 Å². The highest BCUT2D eigenvalue weighted by Crippen LogP contribution is 2.58. The van der Waals surface area contributed by atoms with Crippen molar-refractivity contribution < 1.29 is 13.7 Å². The number of aryl methyl sites for hydroxylation is 1. The second-order valence-corrected chi connectivity index (χ2v) is 23.4. The summed E-state index contributed by atoms with van der Waals surface area (Å²) in [5.74, 6) is 9.04. The lowest BCUT2D eigenvalue weighted by Gasteiger charge is -2.28. The molecule has 0 aromatic heterocycles. The third-order valence-corrected chi connectivity index (χ3v) is 10.5. The van der Waals surface area contributed by atoms with Gasteiger partial charge in [-0.25, -0.2) is 0 Å². The van der Waals surface area contributed by atoms with Crippen LogP contribution in [0.2, 0.25) is 0 Å². The minimum Gasteiger partial charge on any atom is -0.496 e. The average molecular weight is 896 g/mol. The highest BCUT2D eigenvalue weighted by atomic mass is 32.2. The van der Waals surface area contributed by atoms with E-state index in [4.69, 9.17) is 4.74 Å². The van der Waals surface area contributed by atoms with E-state index in [2.05, 4.69) is 134 Å². The second-order valence-electron chi connectivity index (χ2n) is 19.8.